The Bertz CT molecular complexity index is 648. The van der Waals surface area contributed by atoms with Crippen molar-refractivity contribution in [2.75, 3.05) is 0 Å². The zero-order valence-electron chi connectivity index (χ0n) is 9.81. The quantitative estimate of drug-likeness (QED) is 0.674. The molecule has 0 radical (unpaired) electrons. The summed E-state index contributed by atoms with van der Waals surface area (Å²) in [6.45, 7) is 0. The molecule has 2 aromatic carbocycles. The molecule has 2 nitrogen and oxygen atoms in total. The van der Waals surface area contributed by atoms with Crippen molar-refractivity contribution in [3.8, 4) is 5.75 Å². The highest BCUT2D eigenvalue weighted by atomic mass is 19.1. The minimum absolute atomic E-state index is 0.132. The van der Waals surface area contributed by atoms with Crippen molar-refractivity contribution in [3.63, 3.8) is 0 Å². The molecule has 0 aliphatic heterocycles. The molecule has 19 heavy (non-hydrogen) atoms. The Morgan fingerprint density at radius 2 is 1.84 bits per heavy atom. The van der Waals surface area contributed by atoms with Crippen molar-refractivity contribution in [3.05, 3.63) is 71.3 Å². The van der Waals surface area contributed by atoms with Crippen LogP contribution in [0.15, 0.2) is 54.4 Å². The molecule has 0 saturated heterocycles. The largest absolute Gasteiger partial charge is 0.507 e. The molecule has 0 unspecified atom stereocenters. The lowest BCUT2D eigenvalue weighted by Crippen LogP contribution is -1.99. The number of Topliss-reactive ketones (excluding diaryl/α,β-unsaturated/α-hetero) is 1. The molecule has 0 saturated carbocycles. The van der Waals surface area contributed by atoms with Crippen LogP contribution in [0.3, 0.4) is 0 Å². The summed E-state index contributed by atoms with van der Waals surface area (Å²) < 4.78 is 26.7. The summed E-state index contributed by atoms with van der Waals surface area (Å²) in [6, 6.07) is 10.9. The molecule has 1 N–H and O–H groups in total. The molecule has 96 valence electrons. The van der Waals surface area contributed by atoms with Gasteiger partial charge in [0.05, 0.1) is 5.56 Å². The summed E-state index contributed by atoms with van der Waals surface area (Å²) in [5.74, 6) is -2.82. The fourth-order valence-corrected chi connectivity index (χ4v) is 1.60. The number of halogens is 2. The summed E-state index contributed by atoms with van der Waals surface area (Å²) in [5, 5.41) is 9.47. The highest BCUT2D eigenvalue weighted by molar-refractivity contribution is 6.11. The monoisotopic (exact) mass is 260 g/mol. The topological polar surface area (TPSA) is 37.3 Å². The van der Waals surface area contributed by atoms with Gasteiger partial charge in [-0.05, 0) is 35.9 Å². The molecule has 0 heterocycles. The van der Waals surface area contributed by atoms with Gasteiger partial charge in [-0.1, -0.05) is 24.3 Å². The summed E-state index contributed by atoms with van der Waals surface area (Å²) in [4.78, 5) is 11.8. The Morgan fingerprint density at radius 1 is 1.11 bits per heavy atom. The van der Waals surface area contributed by atoms with Crippen LogP contribution in [0.5, 0.6) is 5.75 Å². The lowest BCUT2D eigenvalue weighted by Gasteiger charge is -2.01. The van der Waals surface area contributed by atoms with E-state index in [4.69, 9.17) is 0 Å². The SMILES string of the molecule is O=C(/C(F)=C\c1cccc(F)c1)c1ccccc1O. The van der Waals surface area contributed by atoms with E-state index in [1.165, 1.54) is 42.5 Å². The number of phenolic OH excluding ortho intramolecular Hbond substituents is 1. The number of ketones is 1. The zero-order valence-corrected chi connectivity index (χ0v) is 9.81. The van der Waals surface area contributed by atoms with Crippen LogP contribution in [-0.2, 0) is 0 Å². The van der Waals surface area contributed by atoms with E-state index in [0.29, 0.717) is 0 Å². The van der Waals surface area contributed by atoms with Crippen LogP contribution in [0.25, 0.3) is 6.08 Å². The molecule has 0 bridgehead atoms. The maximum absolute atomic E-state index is 13.8. The summed E-state index contributed by atoms with van der Waals surface area (Å²) in [5.41, 5.74) is 0.105. The molecular formula is C15H10F2O2. The second kappa shape index (κ2) is 5.44. The highest BCUT2D eigenvalue weighted by Crippen LogP contribution is 2.21. The standard InChI is InChI=1S/C15H10F2O2/c16-11-5-3-4-10(8-11)9-13(17)15(19)12-6-1-2-7-14(12)18/h1-9,18H/b13-9+. The number of para-hydroxylation sites is 1. The first-order valence-electron chi connectivity index (χ1n) is 5.53. The number of phenols is 1. The van der Waals surface area contributed by atoms with Crippen LogP contribution in [0, 0.1) is 5.82 Å². The van der Waals surface area contributed by atoms with Crippen LogP contribution < -0.4 is 0 Å². The van der Waals surface area contributed by atoms with Crippen LogP contribution in [-0.4, -0.2) is 10.9 Å². The molecule has 0 aliphatic carbocycles. The van der Waals surface area contributed by atoms with Gasteiger partial charge in [-0.2, -0.15) is 0 Å². The van der Waals surface area contributed by atoms with Crippen molar-refractivity contribution < 1.29 is 18.7 Å². The van der Waals surface area contributed by atoms with Gasteiger partial charge in [-0.3, -0.25) is 4.79 Å². The number of hydrogen-bond donors (Lipinski definition) is 1. The van der Waals surface area contributed by atoms with Gasteiger partial charge in [0.25, 0.3) is 0 Å². The normalized spacial score (nSPS) is 11.4. The highest BCUT2D eigenvalue weighted by Gasteiger charge is 2.15. The van der Waals surface area contributed by atoms with Gasteiger partial charge < -0.3 is 5.11 Å². The third kappa shape index (κ3) is 3.04. The smallest absolute Gasteiger partial charge is 0.225 e. The molecule has 2 aromatic rings. The second-order valence-corrected chi connectivity index (χ2v) is 3.89. The number of carbonyl (C=O) groups excluding carboxylic acids is 1. The van der Waals surface area contributed by atoms with E-state index >= 15 is 0 Å². The number of hydrogen-bond acceptors (Lipinski definition) is 2. The zero-order chi connectivity index (χ0) is 13.8. The number of rotatable bonds is 3. The number of allylic oxidation sites excluding steroid dienone is 1. The number of aromatic hydroxyl groups is 1. The minimum atomic E-state index is -1.06. The molecule has 4 heteroatoms. The summed E-state index contributed by atoms with van der Waals surface area (Å²) in [7, 11) is 0. The van der Waals surface area contributed by atoms with E-state index in [1.54, 1.807) is 0 Å². The maximum atomic E-state index is 13.8. The molecule has 2 rings (SSSR count). The van der Waals surface area contributed by atoms with Crippen molar-refractivity contribution >= 4 is 11.9 Å². The van der Waals surface area contributed by atoms with Gasteiger partial charge >= 0.3 is 0 Å². The van der Waals surface area contributed by atoms with Crippen LogP contribution >= 0.6 is 0 Å². The summed E-state index contributed by atoms with van der Waals surface area (Å²) in [6.07, 6.45) is 0.928. The van der Waals surface area contributed by atoms with Crippen molar-refractivity contribution in [1.82, 2.24) is 0 Å². The van der Waals surface area contributed by atoms with Crippen LogP contribution in [0.4, 0.5) is 8.78 Å². The average Bonchev–Trinajstić information content (AvgIpc) is 2.38. The van der Waals surface area contributed by atoms with Crippen molar-refractivity contribution in [1.29, 1.82) is 0 Å². The summed E-state index contributed by atoms with van der Waals surface area (Å²) >= 11 is 0. The minimum Gasteiger partial charge on any atom is -0.507 e. The van der Waals surface area contributed by atoms with Crippen LogP contribution in [0.2, 0.25) is 0 Å². The second-order valence-electron chi connectivity index (χ2n) is 3.89. The predicted octanol–water partition coefficient (Wildman–Crippen LogP) is 3.72. The van der Waals surface area contributed by atoms with Gasteiger partial charge in [0.2, 0.25) is 5.78 Å². The Labute approximate surface area is 108 Å². The number of carbonyl (C=O) groups is 1. The van der Waals surface area contributed by atoms with E-state index in [0.717, 1.165) is 12.1 Å². The first kappa shape index (κ1) is 13.0. The maximum Gasteiger partial charge on any atom is 0.225 e. The first-order valence-corrected chi connectivity index (χ1v) is 5.53. The van der Waals surface area contributed by atoms with E-state index in [1.807, 2.05) is 0 Å². The van der Waals surface area contributed by atoms with Gasteiger partial charge in [0.1, 0.15) is 11.6 Å². The van der Waals surface area contributed by atoms with E-state index in [9.17, 15) is 18.7 Å². The fraction of sp³-hybridized carbons (Fsp3) is 0. The van der Waals surface area contributed by atoms with Crippen LogP contribution in [0.1, 0.15) is 15.9 Å². The molecule has 0 spiro atoms. The van der Waals surface area contributed by atoms with E-state index in [2.05, 4.69) is 0 Å². The van der Waals surface area contributed by atoms with E-state index in [-0.39, 0.29) is 16.9 Å². The Balaban J connectivity index is 2.32. The Hall–Kier alpha value is -2.49. The molecule has 0 aliphatic rings. The van der Waals surface area contributed by atoms with Crippen molar-refractivity contribution in [2.24, 2.45) is 0 Å². The first-order chi connectivity index (χ1) is 9.08. The average molecular weight is 260 g/mol. The molecule has 0 amide bonds. The molecular weight excluding hydrogens is 250 g/mol. The lowest BCUT2D eigenvalue weighted by atomic mass is 10.1. The lowest BCUT2D eigenvalue weighted by molar-refractivity contribution is 0.100. The molecule has 0 atom stereocenters. The molecule has 0 aromatic heterocycles. The van der Waals surface area contributed by atoms with Gasteiger partial charge in [0.15, 0.2) is 5.83 Å². The predicted molar refractivity (Wildman–Crippen MR) is 67.9 cm³/mol. The fourth-order valence-electron chi connectivity index (χ4n) is 1.60. The van der Waals surface area contributed by atoms with Gasteiger partial charge in [0, 0.05) is 0 Å². The molecule has 0 fully saturated rings. The van der Waals surface area contributed by atoms with Gasteiger partial charge in [-0.25, -0.2) is 8.78 Å². The Morgan fingerprint density at radius 3 is 2.53 bits per heavy atom. The number of benzene rings is 2. The third-order valence-electron chi connectivity index (χ3n) is 2.51. The van der Waals surface area contributed by atoms with E-state index < -0.39 is 17.4 Å². The third-order valence-corrected chi connectivity index (χ3v) is 2.51. The van der Waals surface area contributed by atoms with Gasteiger partial charge in [-0.15, -0.1) is 0 Å². The van der Waals surface area contributed by atoms with Crippen molar-refractivity contribution in [2.45, 2.75) is 0 Å². The Kier molecular flexibility index (Phi) is 3.71.